The highest BCUT2D eigenvalue weighted by molar-refractivity contribution is 7.90. The summed E-state index contributed by atoms with van der Waals surface area (Å²) in [5.41, 5.74) is 0. The van der Waals surface area contributed by atoms with Gasteiger partial charge >= 0.3 is 5.97 Å². The number of rotatable bonds is 5. The lowest BCUT2D eigenvalue weighted by Crippen LogP contribution is -2.13. The predicted octanol–water partition coefficient (Wildman–Crippen LogP) is 1.36. The molecule has 5 nitrogen and oxygen atoms in total. The summed E-state index contributed by atoms with van der Waals surface area (Å²) in [7, 11) is -3.35. The van der Waals surface area contributed by atoms with Gasteiger partial charge in [-0.05, 0) is 18.2 Å². The molecular formula is C12H14O5S. The SMILES string of the molecule is CCC(=O)CC(=O)Oc1cccc(S(C)(=O)=O)c1. The van der Waals surface area contributed by atoms with Crippen LogP contribution in [0.5, 0.6) is 5.75 Å². The first-order valence-electron chi connectivity index (χ1n) is 5.35. The van der Waals surface area contributed by atoms with Crippen LogP contribution in [-0.4, -0.2) is 26.4 Å². The molecule has 0 aliphatic carbocycles. The highest BCUT2D eigenvalue weighted by Crippen LogP contribution is 2.17. The zero-order chi connectivity index (χ0) is 13.8. The maximum Gasteiger partial charge on any atom is 0.318 e. The molecule has 0 radical (unpaired) electrons. The molecule has 1 aromatic rings. The minimum absolute atomic E-state index is 0.0645. The molecule has 98 valence electrons. The maximum absolute atomic E-state index is 11.4. The predicted molar refractivity (Wildman–Crippen MR) is 65.1 cm³/mol. The molecule has 0 N–H and O–H groups in total. The van der Waals surface area contributed by atoms with Crippen LogP contribution < -0.4 is 4.74 Å². The van der Waals surface area contributed by atoms with E-state index < -0.39 is 15.8 Å². The van der Waals surface area contributed by atoms with Crippen molar-refractivity contribution >= 4 is 21.6 Å². The number of carbonyl (C=O) groups is 2. The van der Waals surface area contributed by atoms with E-state index in [0.29, 0.717) is 0 Å². The van der Waals surface area contributed by atoms with Crippen molar-refractivity contribution in [2.24, 2.45) is 0 Å². The maximum atomic E-state index is 11.4. The van der Waals surface area contributed by atoms with E-state index in [1.54, 1.807) is 6.92 Å². The second kappa shape index (κ2) is 5.77. The summed E-state index contributed by atoms with van der Waals surface area (Å²) in [6, 6.07) is 5.59. The lowest BCUT2D eigenvalue weighted by atomic mass is 10.2. The zero-order valence-corrected chi connectivity index (χ0v) is 11.0. The number of benzene rings is 1. The molecule has 0 fully saturated rings. The molecule has 0 heterocycles. The van der Waals surface area contributed by atoms with Gasteiger partial charge < -0.3 is 4.74 Å². The van der Waals surface area contributed by atoms with Crippen LogP contribution in [0.15, 0.2) is 29.2 Å². The molecule has 18 heavy (non-hydrogen) atoms. The van der Waals surface area contributed by atoms with Gasteiger partial charge in [-0.25, -0.2) is 8.42 Å². The summed E-state index contributed by atoms with van der Waals surface area (Å²) in [5, 5.41) is 0. The molecular weight excluding hydrogens is 256 g/mol. The number of ketones is 1. The van der Waals surface area contributed by atoms with E-state index >= 15 is 0 Å². The number of sulfone groups is 1. The molecule has 0 amide bonds. The highest BCUT2D eigenvalue weighted by atomic mass is 32.2. The first-order chi connectivity index (χ1) is 8.32. The van der Waals surface area contributed by atoms with Crippen molar-refractivity contribution in [3.8, 4) is 5.75 Å². The van der Waals surface area contributed by atoms with Crippen molar-refractivity contribution in [3.63, 3.8) is 0 Å². The summed E-state index contributed by atoms with van der Waals surface area (Å²) in [4.78, 5) is 22.5. The summed E-state index contributed by atoms with van der Waals surface area (Å²) < 4.78 is 27.5. The Morgan fingerprint density at radius 2 is 1.94 bits per heavy atom. The van der Waals surface area contributed by atoms with Gasteiger partial charge in [-0.1, -0.05) is 13.0 Å². The molecule has 1 aromatic carbocycles. The molecule has 0 unspecified atom stereocenters. The van der Waals surface area contributed by atoms with Crippen LogP contribution in [-0.2, 0) is 19.4 Å². The quantitative estimate of drug-likeness (QED) is 0.458. The van der Waals surface area contributed by atoms with E-state index in [9.17, 15) is 18.0 Å². The van der Waals surface area contributed by atoms with Crippen LogP contribution in [0.25, 0.3) is 0 Å². The summed E-state index contributed by atoms with van der Waals surface area (Å²) in [6.07, 6.45) is 1.02. The molecule has 0 aromatic heterocycles. The van der Waals surface area contributed by atoms with Gasteiger partial charge in [0.2, 0.25) is 0 Å². The van der Waals surface area contributed by atoms with Gasteiger partial charge in [-0.2, -0.15) is 0 Å². The third-order valence-corrected chi connectivity index (χ3v) is 3.31. The summed E-state index contributed by atoms with van der Waals surface area (Å²) >= 11 is 0. The number of hydrogen-bond donors (Lipinski definition) is 0. The van der Waals surface area contributed by atoms with Crippen molar-refractivity contribution < 1.29 is 22.7 Å². The molecule has 0 saturated carbocycles. The zero-order valence-electron chi connectivity index (χ0n) is 10.2. The molecule has 0 spiro atoms. The lowest BCUT2D eigenvalue weighted by Gasteiger charge is -2.05. The normalized spacial score (nSPS) is 11.0. The Kier molecular flexibility index (Phi) is 4.61. The molecule has 6 heteroatoms. The van der Waals surface area contributed by atoms with Gasteiger partial charge in [-0.3, -0.25) is 9.59 Å². The largest absolute Gasteiger partial charge is 0.426 e. The fourth-order valence-electron chi connectivity index (χ4n) is 1.22. The van der Waals surface area contributed by atoms with Gasteiger partial charge in [0.15, 0.2) is 9.84 Å². The summed E-state index contributed by atoms with van der Waals surface area (Å²) in [6.45, 7) is 1.65. The third kappa shape index (κ3) is 4.29. The van der Waals surface area contributed by atoms with Crippen molar-refractivity contribution in [1.29, 1.82) is 0 Å². The van der Waals surface area contributed by atoms with E-state index in [1.807, 2.05) is 0 Å². The van der Waals surface area contributed by atoms with Gasteiger partial charge in [0.05, 0.1) is 4.90 Å². The number of Topliss-reactive ketones (excluding diaryl/α,β-unsaturated/α-hetero) is 1. The Bertz CT molecular complexity index is 560. The first-order valence-corrected chi connectivity index (χ1v) is 7.24. The fraction of sp³-hybridized carbons (Fsp3) is 0.333. The van der Waals surface area contributed by atoms with Crippen LogP contribution in [0.4, 0.5) is 0 Å². The van der Waals surface area contributed by atoms with Crippen LogP contribution in [0, 0.1) is 0 Å². The molecule has 0 bridgehead atoms. The average Bonchev–Trinajstić information content (AvgIpc) is 2.27. The third-order valence-electron chi connectivity index (χ3n) is 2.20. The average molecular weight is 270 g/mol. The second-order valence-electron chi connectivity index (χ2n) is 3.79. The topological polar surface area (TPSA) is 77.5 Å². The van der Waals surface area contributed by atoms with Crippen molar-refractivity contribution in [2.75, 3.05) is 6.26 Å². The summed E-state index contributed by atoms with van der Waals surface area (Å²) in [5.74, 6) is -0.793. The minimum Gasteiger partial charge on any atom is -0.426 e. The Morgan fingerprint density at radius 3 is 2.50 bits per heavy atom. The van der Waals surface area contributed by atoms with Gasteiger partial charge in [0.1, 0.15) is 18.0 Å². The van der Waals surface area contributed by atoms with Crippen LogP contribution in [0.2, 0.25) is 0 Å². The second-order valence-corrected chi connectivity index (χ2v) is 5.81. The monoisotopic (exact) mass is 270 g/mol. The van der Waals surface area contributed by atoms with Gasteiger partial charge in [0.25, 0.3) is 0 Å². The van der Waals surface area contributed by atoms with Crippen LogP contribution >= 0.6 is 0 Å². The number of carbonyl (C=O) groups excluding carboxylic acids is 2. The van der Waals surface area contributed by atoms with Crippen molar-refractivity contribution in [1.82, 2.24) is 0 Å². The van der Waals surface area contributed by atoms with Crippen molar-refractivity contribution in [3.05, 3.63) is 24.3 Å². The molecule has 0 aliphatic rings. The van der Waals surface area contributed by atoms with E-state index in [-0.39, 0.29) is 29.3 Å². The first kappa shape index (κ1) is 14.4. The smallest absolute Gasteiger partial charge is 0.318 e. The number of esters is 1. The van der Waals surface area contributed by atoms with Crippen molar-refractivity contribution in [2.45, 2.75) is 24.7 Å². The van der Waals surface area contributed by atoms with E-state index in [2.05, 4.69) is 0 Å². The Hall–Kier alpha value is -1.69. The molecule has 0 atom stereocenters. The van der Waals surface area contributed by atoms with E-state index in [1.165, 1.54) is 24.3 Å². The highest BCUT2D eigenvalue weighted by Gasteiger charge is 2.12. The molecule has 0 saturated heterocycles. The lowest BCUT2D eigenvalue weighted by molar-refractivity contribution is -0.137. The molecule has 0 aliphatic heterocycles. The minimum atomic E-state index is -3.35. The number of ether oxygens (including phenoxy) is 1. The van der Waals surface area contributed by atoms with E-state index in [4.69, 9.17) is 4.74 Å². The van der Waals surface area contributed by atoms with E-state index in [0.717, 1.165) is 6.26 Å². The van der Waals surface area contributed by atoms with Gasteiger partial charge in [0, 0.05) is 12.7 Å². The Balaban J connectivity index is 2.80. The Morgan fingerprint density at radius 1 is 1.28 bits per heavy atom. The number of hydrogen-bond acceptors (Lipinski definition) is 5. The standard InChI is InChI=1S/C12H14O5S/c1-3-9(13)7-12(14)17-10-5-4-6-11(8-10)18(2,15)16/h4-6,8H,3,7H2,1-2H3. The molecule has 1 rings (SSSR count). The fourth-order valence-corrected chi connectivity index (χ4v) is 1.88. The van der Waals surface area contributed by atoms with Crippen LogP contribution in [0.1, 0.15) is 19.8 Å². The van der Waals surface area contributed by atoms with Gasteiger partial charge in [-0.15, -0.1) is 0 Å². The Labute approximate surface area is 106 Å². The van der Waals surface area contributed by atoms with Crippen LogP contribution in [0.3, 0.4) is 0 Å².